The molecule has 2 rings (SSSR count). The number of anilines is 1. The molecule has 1 aromatic carbocycles. The first-order chi connectivity index (χ1) is 12.7. The Kier molecular flexibility index (Phi) is 7.36. The van der Waals surface area contributed by atoms with Gasteiger partial charge in [-0.2, -0.15) is 4.31 Å². The van der Waals surface area contributed by atoms with Crippen molar-refractivity contribution in [3.63, 3.8) is 0 Å². The van der Waals surface area contributed by atoms with Crippen molar-refractivity contribution in [3.8, 4) is 0 Å². The molecule has 0 aliphatic rings. The molecule has 0 bridgehead atoms. The molecule has 6 nitrogen and oxygen atoms in total. The van der Waals surface area contributed by atoms with Gasteiger partial charge in [-0.3, -0.25) is 4.79 Å². The molecule has 1 heterocycles. The van der Waals surface area contributed by atoms with E-state index in [9.17, 15) is 13.2 Å². The molecule has 27 heavy (non-hydrogen) atoms. The minimum absolute atomic E-state index is 0.0545. The third-order valence-corrected chi connectivity index (χ3v) is 7.39. The fourth-order valence-electron chi connectivity index (χ4n) is 3.11. The van der Waals surface area contributed by atoms with Crippen LogP contribution in [-0.4, -0.2) is 35.7 Å². The van der Waals surface area contributed by atoms with Gasteiger partial charge in [0, 0.05) is 18.5 Å². The van der Waals surface area contributed by atoms with Crippen LogP contribution in [0.4, 0.5) is 5.13 Å². The maximum Gasteiger partial charge on any atom is 0.243 e. The average Bonchev–Trinajstić information content (AvgIpc) is 2.95. The molecule has 1 aromatic heterocycles. The lowest BCUT2D eigenvalue weighted by atomic mass is 10.2. The quantitative estimate of drug-likeness (QED) is 0.611. The Morgan fingerprint density at radius 2 is 1.85 bits per heavy atom. The van der Waals surface area contributed by atoms with Gasteiger partial charge in [-0.1, -0.05) is 31.1 Å². The van der Waals surface area contributed by atoms with E-state index in [2.05, 4.69) is 17.2 Å². The molecule has 0 unspecified atom stereocenters. The summed E-state index contributed by atoms with van der Waals surface area (Å²) in [4.78, 5) is 16.6. The molecule has 8 heteroatoms. The van der Waals surface area contributed by atoms with Gasteiger partial charge in [-0.05, 0) is 52.3 Å². The minimum Gasteiger partial charge on any atom is -0.302 e. The second-order valence-corrected chi connectivity index (χ2v) is 10.1. The normalized spacial score (nSPS) is 12.4. The summed E-state index contributed by atoms with van der Waals surface area (Å²) in [5.41, 5.74) is 0.684. The lowest BCUT2D eigenvalue weighted by Gasteiger charge is -2.29. The van der Waals surface area contributed by atoms with Crippen molar-refractivity contribution in [2.45, 2.75) is 77.3 Å². The maximum atomic E-state index is 13.0. The van der Waals surface area contributed by atoms with Crippen LogP contribution in [0, 0.1) is 0 Å². The first-order valence-electron chi connectivity index (χ1n) is 9.40. The molecule has 0 radical (unpaired) electrons. The van der Waals surface area contributed by atoms with Gasteiger partial charge in [0.1, 0.15) is 0 Å². The number of benzene rings is 1. The Labute approximate surface area is 166 Å². The van der Waals surface area contributed by atoms with Crippen LogP contribution >= 0.6 is 11.3 Å². The highest BCUT2D eigenvalue weighted by molar-refractivity contribution is 7.89. The van der Waals surface area contributed by atoms with E-state index in [-0.39, 0.29) is 22.9 Å². The number of hydrogen-bond donors (Lipinski definition) is 1. The maximum absolute atomic E-state index is 13.0. The third-order valence-electron chi connectivity index (χ3n) is 4.21. The fraction of sp³-hybridized carbons (Fsp3) is 0.579. The molecule has 0 saturated carbocycles. The summed E-state index contributed by atoms with van der Waals surface area (Å²) in [6.45, 7) is 9.57. The smallest absolute Gasteiger partial charge is 0.243 e. The van der Waals surface area contributed by atoms with Crippen LogP contribution in [0.5, 0.6) is 0 Å². The summed E-state index contributed by atoms with van der Waals surface area (Å²) in [6.07, 6.45) is 3.42. The Balaban J connectivity index is 2.26. The Morgan fingerprint density at radius 1 is 1.19 bits per heavy atom. The van der Waals surface area contributed by atoms with Crippen LogP contribution in [-0.2, 0) is 14.8 Å². The van der Waals surface area contributed by atoms with Crippen LogP contribution in [0.2, 0.25) is 0 Å². The fourth-order valence-corrected chi connectivity index (χ4v) is 5.97. The van der Waals surface area contributed by atoms with Gasteiger partial charge < -0.3 is 5.32 Å². The lowest BCUT2D eigenvalue weighted by molar-refractivity contribution is -0.116. The largest absolute Gasteiger partial charge is 0.302 e. The Morgan fingerprint density at radius 3 is 2.44 bits per heavy atom. The SMILES string of the molecule is CCCCCC(=O)Nc1nc2ccc(S(=O)(=O)N(C(C)C)C(C)C)cc2s1. The standard InChI is InChI=1S/C19H29N3O3S2/c1-6-7-8-9-18(23)21-19-20-16-11-10-15(12-17(16)26-19)27(24,25)22(13(2)3)14(4)5/h10-14H,6-9H2,1-5H3,(H,20,21,23). The number of hydrogen-bond acceptors (Lipinski definition) is 5. The van der Waals surface area contributed by atoms with E-state index in [0.29, 0.717) is 17.1 Å². The minimum atomic E-state index is -3.59. The molecular weight excluding hydrogens is 382 g/mol. The number of thiazole rings is 1. The van der Waals surface area contributed by atoms with E-state index in [0.717, 1.165) is 24.0 Å². The molecule has 0 aliphatic carbocycles. The summed E-state index contributed by atoms with van der Waals surface area (Å²) in [5.74, 6) is -0.0545. The molecule has 0 spiro atoms. The highest BCUT2D eigenvalue weighted by atomic mass is 32.2. The van der Waals surface area contributed by atoms with Gasteiger partial charge in [0.05, 0.1) is 15.1 Å². The number of unbranched alkanes of at least 4 members (excludes halogenated alkanes) is 2. The van der Waals surface area contributed by atoms with Crippen LogP contribution in [0.1, 0.15) is 60.3 Å². The molecule has 0 aliphatic heterocycles. The van der Waals surface area contributed by atoms with Gasteiger partial charge in [-0.25, -0.2) is 13.4 Å². The van der Waals surface area contributed by atoms with Gasteiger partial charge in [0.25, 0.3) is 0 Å². The number of fused-ring (bicyclic) bond motifs is 1. The summed E-state index contributed by atoms with van der Waals surface area (Å²) in [5, 5.41) is 3.32. The third kappa shape index (κ3) is 5.27. The molecule has 0 atom stereocenters. The van der Waals surface area contributed by atoms with E-state index in [4.69, 9.17) is 0 Å². The molecule has 1 N–H and O–H groups in total. The number of rotatable bonds is 9. The zero-order valence-electron chi connectivity index (χ0n) is 16.7. The number of sulfonamides is 1. The summed E-state index contributed by atoms with van der Waals surface area (Å²) >= 11 is 1.30. The number of nitrogens with zero attached hydrogens (tertiary/aromatic N) is 2. The van der Waals surface area contributed by atoms with E-state index in [1.807, 2.05) is 27.7 Å². The van der Waals surface area contributed by atoms with Gasteiger partial charge in [-0.15, -0.1) is 0 Å². The molecule has 1 amide bonds. The molecule has 0 fully saturated rings. The zero-order chi connectivity index (χ0) is 20.2. The van der Waals surface area contributed by atoms with Gasteiger partial charge in [0.2, 0.25) is 15.9 Å². The average molecular weight is 412 g/mol. The number of aromatic nitrogens is 1. The number of nitrogens with one attached hydrogen (secondary N) is 1. The van der Waals surface area contributed by atoms with E-state index >= 15 is 0 Å². The number of carbonyl (C=O) groups is 1. The molecule has 0 saturated heterocycles. The summed E-state index contributed by atoms with van der Waals surface area (Å²) in [7, 11) is -3.59. The Hall–Kier alpha value is -1.51. The van der Waals surface area contributed by atoms with Crippen molar-refractivity contribution in [1.29, 1.82) is 0 Å². The van der Waals surface area contributed by atoms with Crippen molar-refractivity contribution in [1.82, 2.24) is 9.29 Å². The summed E-state index contributed by atoms with van der Waals surface area (Å²) < 4.78 is 28.3. The van der Waals surface area contributed by atoms with Crippen molar-refractivity contribution in [2.75, 3.05) is 5.32 Å². The highest BCUT2D eigenvalue weighted by Crippen LogP contribution is 2.30. The Bertz CT molecular complexity index is 881. The number of amides is 1. The van der Waals surface area contributed by atoms with E-state index in [1.165, 1.54) is 15.6 Å². The van der Waals surface area contributed by atoms with Crippen LogP contribution in [0.25, 0.3) is 10.2 Å². The molecular formula is C19H29N3O3S2. The monoisotopic (exact) mass is 411 g/mol. The van der Waals surface area contributed by atoms with Gasteiger partial charge in [0.15, 0.2) is 5.13 Å². The van der Waals surface area contributed by atoms with Crippen LogP contribution in [0.15, 0.2) is 23.1 Å². The van der Waals surface area contributed by atoms with Crippen molar-refractivity contribution in [2.24, 2.45) is 0 Å². The second-order valence-electron chi connectivity index (χ2n) is 7.18. The lowest BCUT2D eigenvalue weighted by Crippen LogP contribution is -2.41. The molecule has 150 valence electrons. The summed E-state index contributed by atoms with van der Waals surface area (Å²) in [6, 6.07) is 4.66. The van der Waals surface area contributed by atoms with Crippen molar-refractivity contribution >= 4 is 42.6 Å². The zero-order valence-corrected chi connectivity index (χ0v) is 18.3. The van der Waals surface area contributed by atoms with Crippen LogP contribution in [0.3, 0.4) is 0 Å². The number of carbonyl (C=O) groups excluding carboxylic acids is 1. The first-order valence-corrected chi connectivity index (χ1v) is 11.7. The van der Waals surface area contributed by atoms with E-state index < -0.39 is 10.0 Å². The molecule has 2 aromatic rings. The predicted molar refractivity (Wildman–Crippen MR) is 112 cm³/mol. The highest BCUT2D eigenvalue weighted by Gasteiger charge is 2.29. The topological polar surface area (TPSA) is 79.4 Å². The van der Waals surface area contributed by atoms with Gasteiger partial charge >= 0.3 is 0 Å². The van der Waals surface area contributed by atoms with E-state index in [1.54, 1.807) is 18.2 Å². The van der Waals surface area contributed by atoms with Crippen molar-refractivity contribution in [3.05, 3.63) is 18.2 Å². The van der Waals surface area contributed by atoms with Crippen molar-refractivity contribution < 1.29 is 13.2 Å². The van der Waals surface area contributed by atoms with Crippen LogP contribution < -0.4 is 5.32 Å². The predicted octanol–water partition coefficient (Wildman–Crippen LogP) is 4.62. The second kappa shape index (κ2) is 9.12. The first kappa shape index (κ1) is 21.8.